The van der Waals surface area contributed by atoms with E-state index in [1.807, 2.05) is 42.6 Å². The zero-order valence-corrected chi connectivity index (χ0v) is 16.7. The fourth-order valence-electron chi connectivity index (χ4n) is 3.79. The predicted octanol–water partition coefficient (Wildman–Crippen LogP) is 3.92. The Morgan fingerprint density at radius 3 is 2.79 bits per heavy atom. The van der Waals surface area contributed by atoms with Crippen LogP contribution in [0.4, 0.5) is 5.69 Å². The molecule has 1 N–H and O–H groups in total. The number of nitrogens with zero attached hydrogens (tertiary/aromatic N) is 2. The van der Waals surface area contributed by atoms with Crippen molar-refractivity contribution in [3.8, 4) is 5.69 Å². The van der Waals surface area contributed by atoms with Gasteiger partial charge in [0.2, 0.25) is 11.8 Å². The second-order valence-corrected chi connectivity index (χ2v) is 8.18. The van der Waals surface area contributed by atoms with E-state index in [1.54, 1.807) is 4.90 Å². The standard InChI is InChI=1S/C22H25N3O2S/c26-20(23-13-12-17-7-2-1-3-8-17)15-25-19-10-5-4-9-18(19)24-14-6-11-22(24)28-16-21(25)27/h4-7,9-11,14H,1-3,8,12-13,15-16H2,(H,23,26). The number of thioether (sulfide) groups is 1. The lowest BCUT2D eigenvalue weighted by Crippen LogP contribution is -2.42. The Balaban J connectivity index is 1.47. The van der Waals surface area contributed by atoms with Crippen LogP contribution < -0.4 is 10.2 Å². The Kier molecular flexibility index (Phi) is 5.86. The Labute approximate surface area is 169 Å². The highest BCUT2D eigenvalue weighted by molar-refractivity contribution is 7.99. The number of anilines is 1. The quantitative estimate of drug-likeness (QED) is 0.781. The van der Waals surface area contributed by atoms with Crippen LogP contribution in [-0.2, 0) is 9.59 Å². The molecule has 28 heavy (non-hydrogen) atoms. The molecule has 0 unspecified atom stereocenters. The first-order chi connectivity index (χ1) is 13.7. The van der Waals surface area contributed by atoms with Gasteiger partial charge in [-0.25, -0.2) is 0 Å². The van der Waals surface area contributed by atoms with Crippen LogP contribution in [0, 0.1) is 0 Å². The highest BCUT2D eigenvalue weighted by atomic mass is 32.2. The molecule has 0 bridgehead atoms. The van der Waals surface area contributed by atoms with Gasteiger partial charge in [0.15, 0.2) is 0 Å². The van der Waals surface area contributed by atoms with Crippen molar-refractivity contribution in [2.24, 2.45) is 0 Å². The number of carbonyl (C=O) groups is 2. The number of para-hydroxylation sites is 2. The Morgan fingerprint density at radius 1 is 1.11 bits per heavy atom. The van der Waals surface area contributed by atoms with E-state index in [2.05, 4.69) is 16.0 Å². The summed E-state index contributed by atoms with van der Waals surface area (Å²) in [4.78, 5) is 27.0. The zero-order chi connectivity index (χ0) is 19.3. The number of nitrogens with one attached hydrogen (secondary N) is 1. The average molecular weight is 396 g/mol. The molecular weight excluding hydrogens is 370 g/mol. The second kappa shape index (κ2) is 8.69. The molecule has 0 spiro atoms. The van der Waals surface area contributed by atoms with E-state index in [1.165, 1.54) is 30.2 Å². The minimum absolute atomic E-state index is 0.0463. The van der Waals surface area contributed by atoms with Gasteiger partial charge in [0, 0.05) is 12.7 Å². The largest absolute Gasteiger partial charge is 0.354 e. The second-order valence-electron chi connectivity index (χ2n) is 7.18. The smallest absolute Gasteiger partial charge is 0.240 e. The van der Waals surface area contributed by atoms with E-state index in [-0.39, 0.29) is 18.4 Å². The number of benzene rings is 1. The van der Waals surface area contributed by atoms with Crippen molar-refractivity contribution in [1.82, 2.24) is 9.88 Å². The number of carbonyl (C=O) groups excluding carboxylic acids is 2. The average Bonchev–Trinajstić information content (AvgIpc) is 3.18. The van der Waals surface area contributed by atoms with Crippen molar-refractivity contribution in [2.75, 3.05) is 23.7 Å². The minimum atomic E-state index is -0.113. The highest BCUT2D eigenvalue weighted by Gasteiger charge is 2.25. The SMILES string of the molecule is O=C(CN1C(=O)CSc2cccn2-c2ccccc21)NCCC1=CCCCC1. The fourth-order valence-corrected chi connectivity index (χ4v) is 4.69. The molecule has 2 heterocycles. The minimum Gasteiger partial charge on any atom is -0.354 e. The van der Waals surface area contributed by atoms with Crippen molar-refractivity contribution < 1.29 is 9.59 Å². The van der Waals surface area contributed by atoms with Gasteiger partial charge >= 0.3 is 0 Å². The summed E-state index contributed by atoms with van der Waals surface area (Å²) in [6.07, 6.45) is 10.0. The van der Waals surface area contributed by atoms with Crippen LogP contribution in [0.3, 0.4) is 0 Å². The summed E-state index contributed by atoms with van der Waals surface area (Å²) in [5.74, 6) is 0.159. The van der Waals surface area contributed by atoms with E-state index >= 15 is 0 Å². The third kappa shape index (κ3) is 4.17. The van der Waals surface area contributed by atoms with Crippen LogP contribution in [-0.4, -0.2) is 35.2 Å². The molecule has 0 saturated heterocycles. The van der Waals surface area contributed by atoms with Gasteiger partial charge in [-0.05, 0) is 56.4 Å². The van der Waals surface area contributed by atoms with Gasteiger partial charge < -0.3 is 14.8 Å². The van der Waals surface area contributed by atoms with Crippen molar-refractivity contribution >= 4 is 29.3 Å². The van der Waals surface area contributed by atoms with Crippen LogP contribution >= 0.6 is 11.8 Å². The third-order valence-corrected chi connectivity index (χ3v) is 6.26. The first-order valence-electron chi connectivity index (χ1n) is 9.87. The molecule has 2 aromatic rings. The van der Waals surface area contributed by atoms with E-state index < -0.39 is 0 Å². The summed E-state index contributed by atoms with van der Waals surface area (Å²) in [7, 11) is 0. The first kappa shape index (κ1) is 18.9. The summed E-state index contributed by atoms with van der Waals surface area (Å²) in [6, 6.07) is 11.7. The first-order valence-corrected chi connectivity index (χ1v) is 10.9. The van der Waals surface area contributed by atoms with Gasteiger partial charge in [-0.2, -0.15) is 0 Å². The van der Waals surface area contributed by atoms with Crippen LogP contribution in [0.1, 0.15) is 32.1 Å². The summed E-state index contributed by atoms with van der Waals surface area (Å²) in [5, 5.41) is 4.02. The number of hydrogen-bond donors (Lipinski definition) is 1. The molecule has 0 fully saturated rings. The van der Waals surface area contributed by atoms with Gasteiger partial charge in [0.25, 0.3) is 0 Å². The van der Waals surface area contributed by atoms with Crippen LogP contribution in [0.2, 0.25) is 0 Å². The normalized spacial score (nSPS) is 16.5. The third-order valence-electron chi connectivity index (χ3n) is 5.24. The van der Waals surface area contributed by atoms with E-state index in [0.717, 1.165) is 35.7 Å². The number of aromatic nitrogens is 1. The summed E-state index contributed by atoms with van der Waals surface area (Å²) in [6.45, 7) is 0.677. The summed E-state index contributed by atoms with van der Waals surface area (Å²) in [5.41, 5.74) is 3.13. The lowest BCUT2D eigenvalue weighted by Gasteiger charge is -2.27. The van der Waals surface area contributed by atoms with Crippen molar-refractivity contribution in [1.29, 1.82) is 0 Å². The predicted molar refractivity (Wildman–Crippen MR) is 113 cm³/mol. The number of amides is 2. The van der Waals surface area contributed by atoms with Crippen molar-refractivity contribution in [2.45, 2.75) is 37.1 Å². The molecule has 1 aromatic carbocycles. The van der Waals surface area contributed by atoms with Gasteiger partial charge in [0.1, 0.15) is 6.54 Å². The monoisotopic (exact) mass is 395 g/mol. The molecule has 2 aliphatic rings. The molecule has 4 rings (SSSR count). The molecule has 5 nitrogen and oxygen atoms in total. The maximum absolute atomic E-state index is 12.8. The summed E-state index contributed by atoms with van der Waals surface area (Å²) < 4.78 is 2.08. The maximum atomic E-state index is 12.8. The molecule has 2 amide bonds. The Morgan fingerprint density at radius 2 is 1.96 bits per heavy atom. The lowest BCUT2D eigenvalue weighted by molar-refractivity contribution is -0.122. The number of hydrogen-bond acceptors (Lipinski definition) is 3. The highest BCUT2D eigenvalue weighted by Crippen LogP contribution is 2.32. The zero-order valence-electron chi connectivity index (χ0n) is 15.9. The Hall–Kier alpha value is -2.47. The van der Waals surface area contributed by atoms with Crippen LogP contribution in [0.5, 0.6) is 0 Å². The molecule has 1 aliphatic carbocycles. The lowest BCUT2D eigenvalue weighted by atomic mass is 9.97. The summed E-state index contributed by atoms with van der Waals surface area (Å²) >= 11 is 1.50. The number of fused-ring (bicyclic) bond motifs is 3. The van der Waals surface area contributed by atoms with Gasteiger partial charge in [-0.3, -0.25) is 9.59 Å². The van der Waals surface area contributed by atoms with E-state index in [9.17, 15) is 9.59 Å². The molecule has 1 aliphatic heterocycles. The van der Waals surface area contributed by atoms with Crippen LogP contribution in [0.15, 0.2) is 59.3 Å². The molecule has 146 valence electrons. The molecule has 0 atom stereocenters. The van der Waals surface area contributed by atoms with Crippen molar-refractivity contribution in [3.05, 3.63) is 54.2 Å². The van der Waals surface area contributed by atoms with Gasteiger partial charge in [-0.1, -0.05) is 35.5 Å². The fraction of sp³-hybridized carbons (Fsp3) is 0.364. The number of allylic oxidation sites excluding steroid dienone is 1. The van der Waals surface area contributed by atoms with Gasteiger partial charge in [0.05, 0.1) is 22.2 Å². The molecule has 0 radical (unpaired) electrons. The Bertz CT molecular complexity index is 903. The molecule has 1 aromatic heterocycles. The van der Waals surface area contributed by atoms with E-state index in [0.29, 0.717) is 12.3 Å². The van der Waals surface area contributed by atoms with Crippen LogP contribution in [0.25, 0.3) is 5.69 Å². The maximum Gasteiger partial charge on any atom is 0.240 e. The van der Waals surface area contributed by atoms with E-state index in [4.69, 9.17) is 0 Å². The molecule has 6 heteroatoms. The van der Waals surface area contributed by atoms with Gasteiger partial charge in [-0.15, -0.1) is 0 Å². The molecule has 0 saturated carbocycles. The topological polar surface area (TPSA) is 54.3 Å². The molecular formula is C22H25N3O2S. The number of rotatable bonds is 5. The van der Waals surface area contributed by atoms with Crippen molar-refractivity contribution in [3.63, 3.8) is 0 Å².